The molecule has 9 heteroatoms. The third-order valence-electron chi connectivity index (χ3n) is 6.77. The van der Waals surface area contributed by atoms with Crippen molar-refractivity contribution in [3.8, 4) is 11.4 Å². The second kappa shape index (κ2) is 13.2. The molecule has 0 aliphatic heterocycles. The van der Waals surface area contributed by atoms with Crippen LogP contribution in [-0.4, -0.2) is 44.8 Å². The minimum absolute atomic E-state index is 0.119. The Kier molecular flexibility index (Phi) is 9.66. The summed E-state index contributed by atoms with van der Waals surface area (Å²) in [5.41, 5.74) is 8.59. The van der Waals surface area contributed by atoms with E-state index >= 15 is 0 Å². The Bertz CT molecular complexity index is 1430. The molecule has 0 aliphatic carbocycles. The zero-order chi connectivity index (χ0) is 28.8. The molecule has 1 aromatic heterocycles. The molecule has 0 aliphatic rings. The predicted octanol–water partition coefficient (Wildman–Crippen LogP) is 6.62. The van der Waals surface area contributed by atoms with Gasteiger partial charge in [-0.1, -0.05) is 73.5 Å². The molecule has 0 radical (unpaired) electrons. The molecule has 2 atom stereocenters. The first-order valence-corrected chi connectivity index (χ1v) is 13.7. The molecule has 1 heterocycles. The maximum atomic E-state index is 14.9. The highest BCUT2D eigenvalue weighted by Gasteiger charge is 2.34. The quantitative estimate of drug-likeness (QED) is 0.222. The van der Waals surface area contributed by atoms with Crippen LogP contribution < -0.4 is 5.73 Å². The molecule has 2 N–H and O–H groups in total. The van der Waals surface area contributed by atoms with E-state index in [1.54, 1.807) is 21.7 Å². The van der Waals surface area contributed by atoms with Gasteiger partial charge >= 0.3 is 0 Å². The maximum absolute atomic E-state index is 14.9. The number of carbonyl (C=O) groups excluding carboxylic acids is 1. The standard InChI is InChI=1S/C31H34ClF2N5O/c1-20(2)28(38(16-15-25(35)18-33)31(40)23-11-9-21(3)10-12-23)30-36-29(26-17-24(32)13-14-27(26)34)37-39(30)19-22-7-5-4-6-8-22/h4-14,17,20,25,28H,15-16,18-19,35H2,1-3H3. The fourth-order valence-corrected chi connectivity index (χ4v) is 4.81. The van der Waals surface area contributed by atoms with E-state index in [-0.39, 0.29) is 36.2 Å². The van der Waals surface area contributed by atoms with Crippen LogP contribution in [0.2, 0.25) is 5.02 Å². The summed E-state index contributed by atoms with van der Waals surface area (Å²) >= 11 is 6.19. The van der Waals surface area contributed by atoms with E-state index in [0.717, 1.165) is 11.1 Å². The number of hydrogen-bond donors (Lipinski definition) is 1. The second-order valence-corrected chi connectivity index (χ2v) is 10.8. The van der Waals surface area contributed by atoms with Crippen LogP contribution in [0.4, 0.5) is 8.78 Å². The van der Waals surface area contributed by atoms with Gasteiger partial charge in [0.25, 0.3) is 5.91 Å². The topological polar surface area (TPSA) is 77.0 Å². The van der Waals surface area contributed by atoms with Gasteiger partial charge in [0.15, 0.2) is 11.6 Å². The van der Waals surface area contributed by atoms with Gasteiger partial charge in [-0.25, -0.2) is 18.4 Å². The summed E-state index contributed by atoms with van der Waals surface area (Å²) in [6.07, 6.45) is 0.264. The van der Waals surface area contributed by atoms with Gasteiger partial charge in [-0.3, -0.25) is 4.79 Å². The van der Waals surface area contributed by atoms with Crippen molar-refractivity contribution in [3.05, 3.63) is 106 Å². The monoisotopic (exact) mass is 565 g/mol. The van der Waals surface area contributed by atoms with Crippen molar-refractivity contribution in [1.29, 1.82) is 0 Å². The number of rotatable bonds is 11. The van der Waals surface area contributed by atoms with Gasteiger partial charge in [-0.2, -0.15) is 5.10 Å². The second-order valence-electron chi connectivity index (χ2n) is 10.3. The van der Waals surface area contributed by atoms with Crippen molar-refractivity contribution < 1.29 is 13.6 Å². The van der Waals surface area contributed by atoms with Crippen molar-refractivity contribution in [2.75, 3.05) is 13.2 Å². The molecule has 0 bridgehead atoms. The highest BCUT2D eigenvalue weighted by molar-refractivity contribution is 6.30. The van der Waals surface area contributed by atoms with Gasteiger partial charge in [0.05, 0.1) is 18.2 Å². The average molecular weight is 566 g/mol. The zero-order valence-electron chi connectivity index (χ0n) is 22.9. The van der Waals surface area contributed by atoms with Gasteiger partial charge < -0.3 is 10.6 Å². The molecule has 1 amide bonds. The molecule has 0 fully saturated rings. The lowest BCUT2D eigenvalue weighted by Crippen LogP contribution is -2.41. The van der Waals surface area contributed by atoms with Crippen LogP contribution >= 0.6 is 11.6 Å². The number of carbonyl (C=O) groups is 1. The van der Waals surface area contributed by atoms with Crippen LogP contribution in [-0.2, 0) is 6.54 Å². The molecule has 210 valence electrons. The van der Waals surface area contributed by atoms with Crippen LogP contribution in [0.15, 0.2) is 72.8 Å². The maximum Gasteiger partial charge on any atom is 0.254 e. The molecule has 4 rings (SSSR count). The summed E-state index contributed by atoms with van der Waals surface area (Å²) in [4.78, 5) is 20.5. The average Bonchev–Trinajstić information content (AvgIpc) is 3.34. The number of amides is 1. The largest absolute Gasteiger partial charge is 0.328 e. The van der Waals surface area contributed by atoms with Gasteiger partial charge in [-0.05, 0) is 55.2 Å². The first kappa shape index (κ1) is 29.4. The summed E-state index contributed by atoms with van der Waals surface area (Å²) in [6, 6.07) is 20.0. The van der Waals surface area contributed by atoms with E-state index in [9.17, 15) is 13.6 Å². The van der Waals surface area contributed by atoms with Crippen LogP contribution in [0.5, 0.6) is 0 Å². The van der Waals surface area contributed by atoms with Crippen molar-refractivity contribution in [1.82, 2.24) is 19.7 Å². The lowest BCUT2D eigenvalue weighted by molar-refractivity contribution is 0.0594. The summed E-state index contributed by atoms with van der Waals surface area (Å²) in [7, 11) is 0. The normalized spacial score (nSPS) is 12.9. The predicted molar refractivity (Wildman–Crippen MR) is 154 cm³/mol. The Balaban J connectivity index is 1.85. The van der Waals surface area contributed by atoms with E-state index in [1.165, 1.54) is 18.2 Å². The lowest BCUT2D eigenvalue weighted by atomic mass is 9.99. The SMILES string of the molecule is Cc1ccc(C(=O)N(CCC(N)CF)C(c2nc(-c3cc(Cl)ccc3F)nn2Cc2ccccc2)C(C)C)cc1. The molecule has 6 nitrogen and oxygen atoms in total. The summed E-state index contributed by atoms with van der Waals surface area (Å²) in [5, 5.41) is 5.06. The van der Waals surface area contributed by atoms with Gasteiger partial charge in [0, 0.05) is 23.2 Å². The summed E-state index contributed by atoms with van der Waals surface area (Å²) < 4.78 is 30.0. The van der Waals surface area contributed by atoms with E-state index in [0.29, 0.717) is 23.0 Å². The van der Waals surface area contributed by atoms with E-state index in [1.807, 2.05) is 63.2 Å². The first-order chi connectivity index (χ1) is 19.2. The van der Waals surface area contributed by atoms with E-state index in [4.69, 9.17) is 27.4 Å². The molecule has 0 saturated carbocycles. The molecule has 2 unspecified atom stereocenters. The Hall–Kier alpha value is -3.62. The molecule has 4 aromatic rings. The molecular weight excluding hydrogens is 532 g/mol. The summed E-state index contributed by atoms with van der Waals surface area (Å²) in [6.45, 7) is 5.78. The van der Waals surface area contributed by atoms with E-state index < -0.39 is 24.6 Å². The van der Waals surface area contributed by atoms with Crippen molar-refractivity contribution >= 4 is 17.5 Å². The molecule has 0 saturated heterocycles. The zero-order valence-corrected chi connectivity index (χ0v) is 23.7. The van der Waals surface area contributed by atoms with Crippen LogP contribution in [0.1, 0.15) is 53.6 Å². The summed E-state index contributed by atoms with van der Waals surface area (Å²) in [5.74, 6) is -0.195. The first-order valence-electron chi connectivity index (χ1n) is 13.3. The number of nitrogens with two attached hydrogens (primary N) is 1. The number of nitrogens with zero attached hydrogens (tertiary/aromatic N) is 4. The van der Waals surface area contributed by atoms with Crippen LogP contribution in [0.3, 0.4) is 0 Å². The number of benzene rings is 3. The number of halogens is 3. The van der Waals surface area contributed by atoms with Gasteiger partial charge in [0.1, 0.15) is 12.5 Å². The Labute approximate surface area is 238 Å². The minimum atomic E-state index is -0.709. The number of alkyl halides is 1. The fourth-order valence-electron chi connectivity index (χ4n) is 4.64. The third kappa shape index (κ3) is 6.92. The molecule has 0 spiro atoms. The molecular formula is C31H34ClF2N5O. The molecule has 40 heavy (non-hydrogen) atoms. The van der Waals surface area contributed by atoms with Crippen LogP contribution in [0.25, 0.3) is 11.4 Å². The van der Waals surface area contributed by atoms with E-state index in [2.05, 4.69) is 0 Å². The minimum Gasteiger partial charge on any atom is -0.328 e. The Morgan fingerprint density at radius 1 is 1.07 bits per heavy atom. The van der Waals surface area contributed by atoms with Gasteiger partial charge in [-0.15, -0.1) is 0 Å². The van der Waals surface area contributed by atoms with Gasteiger partial charge in [0.2, 0.25) is 0 Å². The number of aromatic nitrogens is 3. The van der Waals surface area contributed by atoms with Crippen LogP contribution in [0, 0.1) is 18.7 Å². The third-order valence-corrected chi connectivity index (χ3v) is 7.01. The highest BCUT2D eigenvalue weighted by Crippen LogP contribution is 2.33. The number of hydrogen-bond acceptors (Lipinski definition) is 4. The number of aryl methyl sites for hydroxylation is 1. The fraction of sp³-hybridized carbons (Fsp3) is 0.323. The van der Waals surface area contributed by atoms with Crippen molar-refractivity contribution in [2.45, 2.75) is 45.8 Å². The smallest absolute Gasteiger partial charge is 0.254 e. The molecule has 3 aromatic carbocycles. The highest BCUT2D eigenvalue weighted by atomic mass is 35.5. The Morgan fingerprint density at radius 3 is 2.42 bits per heavy atom. The Morgan fingerprint density at radius 2 is 1.77 bits per heavy atom. The lowest BCUT2D eigenvalue weighted by Gasteiger charge is -2.34. The van der Waals surface area contributed by atoms with Crippen molar-refractivity contribution in [3.63, 3.8) is 0 Å². The van der Waals surface area contributed by atoms with Crippen molar-refractivity contribution in [2.24, 2.45) is 11.7 Å².